The summed E-state index contributed by atoms with van der Waals surface area (Å²) in [7, 11) is 0. The number of aliphatic hydroxyl groups is 1. The lowest BCUT2D eigenvalue weighted by molar-refractivity contribution is 0.250. The van der Waals surface area contributed by atoms with E-state index in [-0.39, 0.29) is 0 Å². The second-order valence-corrected chi connectivity index (χ2v) is 3.24. The first kappa shape index (κ1) is 7.65. The first-order valence-corrected chi connectivity index (χ1v) is 4.19. The summed E-state index contributed by atoms with van der Waals surface area (Å²) in [6.45, 7) is 0. The highest BCUT2D eigenvalue weighted by Gasteiger charge is 2.17. The summed E-state index contributed by atoms with van der Waals surface area (Å²) in [6.07, 6.45) is 3.12. The fourth-order valence-corrected chi connectivity index (χ4v) is 1.52. The normalized spacial score (nSPS) is 20.8. The third-order valence-corrected chi connectivity index (χ3v) is 2.35. The van der Waals surface area contributed by atoms with E-state index >= 15 is 0 Å². The lowest BCUT2D eigenvalue weighted by Gasteiger charge is -2.16. The lowest BCUT2D eigenvalue weighted by atomic mass is 9.95. The van der Waals surface area contributed by atoms with Crippen LogP contribution in [0.4, 0.5) is 0 Å². The zero-order valence-electron chi connectivity index (χ0n) is 6.40. The molecule has 60 valence electrons. The van der Waals surface area contributed by atoms with E-state index in [9.17, 15) is 5.11 Å². The Bertz CT molecular complexity index is 355. The van der Waals surface area contributed by atoms with Crippen LogP contribution in [0, 0.1) is 0 Å². The van der Waals surface area contributed by atoms with Crippen molar-refractivity contribution in [1.29, 1.82) is 0 Å². The van der Waals surface area contributed by atoms with Gasteiger partial charge >= 0.3 is 0 Å². The van der Waals surface area contributed by atoms with Crippen LogP contribution in [0.25, 0.3) is 6.08 Å². The van der Waals surface area contributed by atoms with Gasteiger partial charge in [-0.3, -0.25) is 0 Å². The molecule has 2 heteroatoms. The van der Waals surface area contributed by atoms with Gasteiger partial charge in [0, 0.05) is 4.86 Å². The summed E-state index contributed by atoms with van der Waals surface area (Å²) in [6, 6.07) is 7.72. The van der Waals surface area contributed by atoms with E-state index in [0.29, 0.717) is 4.86 Å². The average molecular weight is 176 g/mol. The van der Waals surface area contributed by atoms with E-state index in [0.717, 1.165) is 11.1 Å². The third-order valence-electron chi connectivity index (χ3n) is 1.99. The van der Waals surface area contributed by atoms with Gasteiger partial charge in [-0.1, -0.05) is 42.6 Å². The van der Waals surface area contributed by atoms with Crippen LogP contribution < -0.4 is 0 Å². The van der Waals surface area contributed by atoms with Gasteiger partial charge in [-0.05, 0) is 17.2 Å². The number of thiocarbonyl (C=S) groups is 1. The topological polar surface area (TPSA) is 20.2 Å². The summed E-state index contributed by atoms with van der Waals surface area (Å²) >= 11 is 4.97. The van der Waals surface area contributed by atoms with Crippen LogP contribution in [0.15, 0.2) is 30.3 Å². The van der Waals surface area contributed by atoms with E-state index in [4.69, 9.17) is 12.2 Å². The Morgan fingerprint density at radius 1 is 1.17 bits per heavy atom. The molecule has 0 aliphatic heterocycles. The first-order chi connectivity index (χ1) is 5.79. The molecular weight excluding hydrogens is 168 g/mol. The van der Waals surface area contributed by atoms with Crippen LogP contribution in [0.1, 0.15) is 17.2 Å². The standard InChI is InChI=1S/C10H8OS/c11-10-8-4-2-1-3-7(8)5-6-9(10)12/h1-6,10-11H/t10-/m1/s1. The molecule has 0 saturated carbocycles. The number of benzene rings is 1. The Morgan fingerprint density at radius 3 is 2.75 bits per heavy atom. The SMILES string of the molecule is O[C@H]1C(=S)C=Cc2ccccc21. The van der Waals surface area contributed by atoms with Gasteiger partial charge in [0.25, 0.3) is 0 Å². The minimum Gasteiger partial charge on any atom is -0.383 e. The van der Waals surface area contributed by atoms with E-state index in [1.165, 1.54) is 0 Å². The molecule has 0 aromatic heterocycles. The molecule has 0 unspecified atom stereocenters. The molecule has 1 aliphatic rings. The van der Waals surface area contributed by atoms with Crippen LogP contribution in [-0.4, -0.2) is 9.97 Å². The Morgan fingerprint density at radius 2 is 1.92 bits per heavy atom. The van der Waals surface area contributed by atoms with Gasteiger partial charge in [0.15, 0.2) is 0 Å². The molecule has 1 N–H and O–H groups in total. The molecule has 1 atom stereocenters. The molecule has 0 heterocycles. The molecule has 0 radical (unpaired) electrons. The molecule has 0 amide bonds. The van der Waals surface area contributed by atoms with Gasteiger partial charge < -0.3 is 5.11 Å². The number of rotatable bonds is 0. The van der Waals surface area contributed by atoms with E-state index in [1.807, 2.05) is 30.3 Å². The zero-order valence-corrected chi connectivity index (χ0v) is 7.21. The van der Waals surface area contributed by atoms with Crippen molar-refractivity contribution in [1.82, 2.24) is 0 Å². The van der Waals surface area contributed by atoms with Crippen molar-refractivity contribution in [3.8, 4) is 0 Å². The van der Waals surface area contributed by atoms with Crippen molar-refractivity contribution < 1.29 is 5.11 Å². The first-order valence-electron chi connectivity index (χ1n) is 3.78. The molecule has 1 aromatic rings. The molecular formula is C10H8OS. The summed E-state index contributed by atoms with van der Waals surface area (Å²) in [5, 5.41) is 9.64. The lowest BCUT2D eigenvalue weighted by Crippen LogP contribution is -2.11. The van der Waals surface area contributed by atoms with Gasteiger partial charge in [-0.2, -0.15) is 0 Å². The highest BCUT2D eigenvalue weighted by molar-refractivity contribution is 7.80. The Labute approximate surface area is 76.3 Å². The molecule has 1 aromatic carbocycles. The molecule has 0 saturated heterocycles. The monoisotopic (exact) mass is 176 g/mol. The summed E-state index contributed by atoms with van der Waals surface area (Å²) in [4.78, 5) is 0.591. The van der Waals surface area contributed by atoms with Crippen LogP contribution in [-0.2, 0) is 0 Å². The number of aliphatic hydroxyl groups excluding tert-OH is 1. The summed E-state index contributed by atoms with van der Waals surface area (Å²) in [5.41, 5.74) is 1.96. The molecule has 0 bridgehead atoms. The van der Waals surface area contributed by atoms with Crippen molar-refractivity contribution in [3.63, 3.8) is 0 Å². The number of fused-ring (bicyclic) bond motifs is 1. The highest BCUT2D eigenvalue weighted by atomic mass is 32.1. The Hall–Kier alpha value is -0.990. The predicted molar refractivity (Wildman–Crippen MR) is 53.0 cm³/mol. The largest absolute Gasteiger partial charge is 0.383 e. The molecule has 0 fully saturated rings. The van der Waals surface area contributed by atoms with Gasteiger partial charge in [0.1, 0.15) is 6.10 Å². The predicted octanol–water partition coefficient (Wildman–Crippen LogP) is 2.12. The number of hydrogen-bond acceptors (Lipinski definition) is 2. The number of hydrogen-bond donors (Lipinski definition) is 1. The highest BCUT2D eigenvalue weighted by Crippen LogP contribution is 2.25. The van der Waals surface area contributed by atoms with E-state index in [2.05, 4.69) is 0 Å². The smallest absolute Gasteiger partial charge is 0.115 e. The second-order valence-electron chi connectivity index (χ2n) is 2.77. The second kappa shape index (κ2) is 2.81. The van der Waals surface area contributed by atoms with Crippen LogP contribution in [0.3, 0.4) is 0 Å². The Kier molecular flexibility index (Phi) is 1.79. The van der Waals surface area contributed by atoms with Gasteiger partial charge in [-0.25, -0.2) is 0 Å². The van der Waals surface area contributed by atoms with Crippen LogP contribution in [0.5, 0.6) is 0 Å². The van der Waals surface area contributed by atoms with Gasteiger partial charge in [0.05, 0.1) is 0 Å². The molecule has 12 heavy (non-hydrogen) atoms. The Balaban J connectivity index is 2.59. The van der Waals surface area contributed by atoms with Gasteiger partial charge in [0.2, 0.25) is 0 Å². The van der Waals surface area contributed by atoms with E-state index in [1.54, 1.807) is 6.08 Å². The average Bonchev–Trinajstić information content (AvgIpc) is 2.12. The maximum atomic E-state index is 9.64. The fraction of sp³-hybridized carbons (Fsp3) is 0.100. The van der Waals surface area contributed by atoms with E-state index < -0.39 is 6.10 Å². The van der Waals surface area contributed by atoms with Crippen LogP contribution >= 0.6 is 12.2 Å². The van der Waals surface area contributed by atoms with Gasteiger partial charge in [-0.15, -0.1) is 0 Å². The van der Waals surface area contributed by atoms with Crippen molar-refractivity contribution in [3.05, 3.63) is 41.5 Å². The third kappa shape index (κ3) is 1.09. The fourth-order valence-electron chi connectivity index (χ4n) is 1.33. The zero-order chi connectivity index (χ0) is 8.55. The quantitative estimate of drug-likeness (QED) is 0.611. The maximum Gasteiger partial charge on any atom is 0.115 e. The minimum atomic E-state index is -0.596. The summed E-state index contributed by atoms with van der Waals surface area (Å²) in [5.74, 6) is 0. The van der Waals surface area contributed by atoms with Crippen molar-refractivity contribution >= 4 is 23.2 Å². The molecule has 1 nitrogen and oxygen atoms in total. The van der Waals surface area contributed by atoms with Crippen molar-refractivity contribution in [2.75, 3.05) is 0 Å². The molecule has 1 aliphatic carbocycles. The maximum absolute atomic E-state index is 9.64. The van der Waals surface area contributed by atoms with Crippen molar-refractivity contribution in [2.45, 2.75) is 6.10 Å². The molecule has 2 rings (SSSR count). The van der Waals surface area contributed by atoms with Crippen molar-refractivity contribution in [2.24, 2.45) is 0 Å². The summed E-state index contributed by atoms with van der Waals surface area (Å²) < 4.78 is 0. The molecule has 0 spiro atoms. The minimum absolute atomic E-state index is 0.591. The van der Waals surface area contributed by atoms with Crippen LogP contribution in [0.2, 0.25) is 0 Å².